The molecule has 31 heavy (non-hydrogen) atoms. The van der Waals surface area contributed by atoms with Crippen LogP contribution in [0.2, 0.25) is 0 Å². The second-order valence-electron chi connectivity index (χ2n) is 6.67. The maximum absolute atomic E-state index is 12.4. The number of carbonyl (C=O) groups is 1. The maximum Gasteiger partial charge on any atom is 0.271 e. The van der Waals surface area contributed by atoms with E-state index < -0.39 is 0 Å². The first-order chi connectivity index (χ1) is 15.0. The third kappa shape index (κ3) is 7.22. The van der Waals surface area contributed by atoms with Gasteiger partial charge in [0, 0.05) is 20.1 Å². The molecule has 0 saturated heterocycles. The first kappa shape index (κ1) is 23.0. The van der Waals surface area contributed by atoms with Gasteiger partial charge < -0.3 is 9.47 Å². The second kappa shape index (κ2) is 11.7. The molecule has 0 bridgehead atoms. The van der Waals surface area contributed by atoms with Gasteiger partial charge in [0.2, 0.25) is 0 Å². The summed E-state index contributed by atoms with van der Waals surface area (Å²) in [5.74, 6) is 1.10. The smallest absolute Gasteiger partial charge is 0.271 e. The number of nitrogens with zero attached hydrogens (tertiary/aromatic N) is 1. The maximum atomic E-state index is 12.4. The van der Waals surface area contributed by atoms with Gasteiger partial charge in [0.1, 0.15) is 18.1 Å². The van der Waals surface area contributed by atoms with Crippen molar-refractivity contribution in [2.75, 3.05) is 6.61 Å². The molecular weight excluding hydrogens is 524 g/mol. The van der Waals surface area contributed by atoms with Crippen molar-refractivity contribution in [3.8, 4) is 11.5 Å². The summed E-state index contributed by atoms with van der Waals surface area (Å²) in [6.07, 6.45) is 2.48. The van der Waals surface area contributed by atoms with Gasteiger partial charge in [-0.25, -0.2) is 5.43 Å². The minimum Gasteiger partial charge on any atom is -0.493 e. The van der Waals surface area contributed by atoms with Gasteiger partial charge in [-0.2, -0.15) is 5.10 Å². The van der Waals surface area contributed by atoms with E-state index in [1.807, 2.05) is 49.4 Å². The molecule has 0 saturated carbocycles. The number of amides is 1. The molecular formula is C24H22Br2N2O3. The van der Waals surface area contributed by atoms with E-state index in [-0.39, 0.29) is 5.91 Å². The summed E-state index contributed by atoms with van der Waals surface area (Å²) in [4.78, 5) is 12.4. The van der Waals surface area contributed by atoms with E-state index in [2.05, 4.69) is 42.4 Å². The summed E-state index contributed by atoms with van der Waals surface area (Å²) in [5, 5.41) is 4.07. The molecule has 0 fully saturated rings. The van der Waals surface area contributed by atoms with Crippen molar-refractivity contribution in [3.05, 3.63) is 92.4 Å². The highest BCUT2D eigenvalue weighted by molar-refractivity contribution is 9.10. The number of nitrogens with one attached hydrogen (secondary N) is 1. The van der Waals surface area contributed by atoms with Crippen molar-refractivity contribution >= 4 is 44.0 Å². The van der Waals surface area contributed by atoms with Crippen LogP contribution in [0, 0.1) is 0 Å². The zero-order chi connectivity index (χ0) is 22.1. The summed E-state index contributed by atoms with van der Waals surface area (Å²) in [6.45, 7) is 3.11. The first-order valence-corrected chi connectivity index (χ1v) is 11.4. The molecule has 3 aromatic carbocycles. The van der Waals surface area contributed by atoms with Gasteiger partial charge >= 0.3 is 0 Å². The third-order valence-electron chi connectivity index (χ3n) is 4.21. The summed E-state index contributed by atoms with van der Waals surface area (Å²) in [5.41, 5.74) is 4.87. The van der Waals surface area contributed by atoms with Crippen molar-refractivity contribution in [1.82, 2.24) is 5.43 Å². The molecule has 5 nitrogen and oxygen atoms in total. The zero-order valence-electron chi connectivity index (χ0n) is 17.0. The van der Waals surface area contributed by atoms with E-state index in [9.17, 15) is 4.79 Å². The molecule has 0 aliphatic rings. The van der Waals surface area contributed by atoms with Gasteiger partial charge in [-0.1, -0.05) is 50.9 Å². The van der Waals surface area contributed by atoms with Crippen LogP contribution < -0.4 is 14.9 Å². The predicted octanol–water partition coefficient (Wildman–Crippen LogP) is 6.34. The average molecular weight is 546 g/mol. The van der Waals surface area contributed by atoms with Crippen LogP contribution in [0.4, 0.5) is 0 Å². The number of hydrogen-bond donors (Lipinski definition) is 1. The van der Waals surface area contributed by atoms with Crippen molar-refractivity contribution in [2.24, 2.45) is 5.10 Å². The van der Waals surface area contributed by atoms with E-state index in [1.54, 1.807) is 30.5 Å². The molecule has 3 rings (SSSR count). The SMILES string of the molecule is CCCOc1ccc(Br)cc1/C=N\NC(=O)c1ccc(OCc2cccc(Br)c2)cc1. The van der Waals surface area contributed by atoms with Crippen LogP contribution in [0.5, 0.6) is 11.5 Å². The van der Waals surface area contributed by atoms with E-state index in [4.69, 9.17) is 9.47 Å². The number of hydrogen-bond acceptors (Lipinski definition) is 4. The zero-order valence-corrected chi connectivity index (χ0v) is 20.1. The number of halogens is 2. The number of carbonyl (C=O) groups excluding carboxylic acids is 1. The Morgan fingerprint density at radius 3 is 2.52 bits per heavy atom. The molecule has 1 amide bonds. The molecule has 7 heteroatoms. The Labute approximate surface area is 198 Å². The molecule has 0 spiro atoms. The number of ether oxygens (including phenoxy) is 2. The Balaban J connectivity index is 1.56. The standard InChI is InChI=1S/C24H22Br2N2O3/c1-2-12-30-23-11-8-21(26)14-19(23)15-27-28-24(29)18-6-9-22(10-7-18)31-16-17-4-3-5-20(25)13-17/h3-11,13-15H,2,12,16H2,1H3,(H,28,29)/b27-15-. The number of rotatable bonds is 9. The fourth-order valence-electron chi connectivity index (χ4n) is 2.68. The van der Waals surface area contributed by atoms with E-state index in [1.165, 1.54) is 0 Å². The molecule has 0 unspecified atom stereocenters. The Bertz CT molecular complexity index is 1050. The molecule has 160 valence electrons. The highest BCUT2D eigenvalue weighted by Gasteiger charge is 2.06. The van der Waals surface area contributed by atoms with Gasteiger partial charge in [-0.05, 0) is 66.6 Å². The highest BCUT2D eigenvalue weighted by atomic mass is 79.9. The summed E-state index contributed by atoms with van der Waals surface area (Å²) in [6, 6.07) is 20.5. The number of benzene rings is 3. The Hall–Kier alpha value is -2.64. The summed E-state index contributed by atoms with van der Waals surface area (Å²) < 4.78 is 13.4. The molecule has 0 aliphatic carbocycles. The molecule has 1 N–H and O–H groups in total. The lowest BCUT2D eigenvalue weighted by Gasteiger charge is -2.08. The first-order valence-electron chi connectivity index (χ1n) is 9.78. The van der Waals surface area contributed by atoms with E-state index >= 15 is 0 Å². The van der Waals surface area contributed by atoms with Crippen LogP contribution in [-0.2, 0) is 6.61 Å². The molecule has 0 heterocycles. The largest absolute Gasteiger partial charge is 0.493 e. The third-order valence-corrected chi connectivity index (χ3v) is 5.20. The summed E-state index contributed by atoms with van der Waals surface area (Å²) in [7, 11) is 0. The fourth-order valence-corrected chi connectivity index (χ4v) is 3.51. The number of hydrazone groups is 1. The van der Waals surface area contributed by atoms with Gasteiger partial charge in [0.05, 0.1) is 12.8 Å². The topological polar surface area (TPSA) is 59.9 Å². The normalized spacial score (nSPS) is 10.8. The van der Waals surface area contributed by atoms with E-state index in [0.29, 0.717) is 24.5 Å². The lowest BCUT2D eigenvalue weighted by Crippen LogP contribution is -2.17. The second-order valence-corrected chi connectivity index (χ2v) is 8.50. The Morgan fingerprint density at radius 2 is 1.77 bits per heavy atom. The quantitative estimate of drug-likeness (QED) is 0.252. The molecule has 0 atom stereocenters. The predicted molar refractivity (Wildman–Crippen MR) is 130 cm³/mol. The van der Waals surface area contributed by atoms with Crippen LogP contribution >= 0.6 is 31.9 Å². The summed E-state index contributed by atoms with van der Waals surface area (Å²) >= 11 is 6.89. The van der Waals surface area contributed by atoms with Crippen LogP contribution in [0.25, 0.3) is 0 Å². The van der Waals surface area contributed by atoms with Gasteiger partial charge in [0.15, 0.2) is 0 Å². The van der Waals surface area contributed by atoms with Crippen LogP contribution in [0.1, 0.15) is 34.8 Å². The van der Waals surface area contributed by atoms with Gasteiger partial charge in [0.25, 0.3) is 5.91 Å². The molecule has 0 radical (unpaired) electrons. The molecule has 3 aromatic rings. The Kier molecular flexibility index (Phi) is 8.67. The Morgan fingerprint density at radius 1 is 1.00 bits per heavy atom. The average Bonchev–Trinajstić information content (AvgIpc) is 2.77. The van der Waals surface area contributed by atoms with E-state index in [0.717, 1.165) is 32.2 Å². The minimum atomic E-state index is -0.305. The monoisotopic (exact) mass is 544 g/mol. The van der Waals surface area contributed by atoms with Gasteiger partial charge in [-0.15, -0.1) is 0 Å². The van der Waals surface area contributed by atoms with Gasteiger partial charge in [-0.3, -0.25) is 4.79 Å². The van der Waals surface area contributed by atoms with Crippen LogP contribution in [0.3, 0.4) is 0 Å². The van der Waals surface area contributed by atoms with Crippen molar-refractivity contribution in [1.29, 1.82) is 0 Å². The van der Waals surface area contributed by atoms with Crippen LogP contribution in [0.15, 0.2) is 80.8 Å². The van der Waals surface area contributed by atoms with Crippen molar-refractivity contribution in [2.45, 2.75) is 20.0 Å². The fraction of sp³-hybridized carbons (Fsp3) is 0.167. The lowest BCUT2D eigenvalue weighted by molar-refractivity contribution is 0.0955. The lowest BCUT2D eigenvalue weighted by atomic mass is 10.2. The molecule has 0 aliphatic heterocycles. The molecule has 0 aromatic heterocycles. The van der Waals surface area contributed by atoms with Crippen molar-refractivity contribution in [3.63, 3.8) is 0 Å². The van der Waals surface area contributed by atoms with Crippen LogP contribution in [-0.4, -0.2) is 18.7 Å². The highest BCUT2D eigenvalue weighted by Crippen LogP contribution is 2.22. The van der Waals surface area contributed by atoms with Crippen molar-refractivity contribution < 1.29 is 14.3 Å². The minimum absolute atomic E-state index is 0.305.